The number of carbonyl (C=O) groups excluding carboxylic acids is 2. The van der Waals surface area contributed by atoms with Gasteiger partial charge in [-0.2, -0.15) is 0 Å². The van der Waals surface area contributed by atoms with Crippen LogP contribution in [0.15, 0.2) is 71.6 Å². The van der Waals surface area contributed by atoms with Crippen LogP contribution in [0.4, 0.5) is 5.69 Å². The van der Waals surface area contributed by atoms with Crippen molar-refractivity contribution in [1.82, 2.24) is 0 Å². The highest BCUT2D eigenvalue weighted by molar-refractivity contribution is 8.00. The Balaban J connectivity index is 1.66. The number of benzene rings is 3. The number of para-hydroxylation sites is 1. The van der Waals surface area contributed by atoms with Crippen LogP contribution in [0.5, 0.6) is 0 Å². The highest BCUT2D eigenvalue weighted by atomic mass is 32.2. The quantitative estimate of drug-likeness (QED) is 0.548. The first-order chi connectivity index (χ1) is 12.2. The van der Waals surface area contributed by atoms with Crippen molar-refractivity contribution >= 4 is 40.1 Å². The molecule has 3 aromatic rings. The van der Waals surface area contributed by atoms with Gasteiger partial charge >= 0.3 is 5.97 Å². The van der Waals surface area contributed by atoms with Crippen LogP contribution in [-0.4, -0.2) is 24.7 Å². The van der Waals surface area contributed by atoms with Crippen LogP contribution in [-0.2, 0) is 9.53 Å². The first-order valence-electron chi connectivity index (χ1n) is 7.76. The zero-order chi connectivity index (χ0) is 17.6. The minimum atomic E-state index is -0.474. The average molecular weight is 351 g/mol. The molecule has 3 rings (SSSR count). The van der Waals surface area contributed by atoms with Crippen molar-refractivity contribution in [2.24, 2.45) is 0 Å². The number of esters is 1. The molecule has 0 heterocycles. The van der Waals surface area contributed by atoms with Gasteiger partial charge in [0.05, 0.1) is 24.1 Å². The van der Waals surface area contributed by atoms with Gasteiger partial charge in [-0.05, 0) is 35.0 Å². The first kappa shape index (κ1) is 17.0. The largest absolute Gasteiger partial charge is 0.465 e. The van der Waals surface area contributed by atoms with Crippen LogP contribution in [0.2, 0.25) is 0 Å². The summed E-state index contributed by atoms with van der Waals surface area (Å²) in [6, 6.07) is 21.0. The molecule has 0 radical (unpaired) electrons. The smallest absolute Gasteiger partial charge is 0.339 e. The molecule has 0 fully saturated rings. The molecule has 0 bridgehead atoms. The maximum atomic E-state index is 12.2. The van der Waals surface area contributed by atoms with Gasteiger partial charge in [0.25, 0.3) is 0 Å². The fourth-order valence-electron chi connectivity index (χ4n) is 2.47. The van der Waals surface area contributed by atoms with Crippen LogP contribution in [0, 0.1) is 0 Å². The van der Waals surface area contributed by atoms with E-state index in [1.54, 1.807) is 24.3 Å². The van der Waals surface area contributed by atoms with E-state index in [1.807, 2.05) is 30.3 Å². The molecule has 1 amide bonds. The van der Waals surface area contributed by atoms with Gasteiger partial charge in [-0.3, -0.25) is 4.79 Å². The Kier molecular flexibility index (Phi) is 5.36. The summed E-state index contributed by atoms with van der Waals surface area (Å²) < 4.78 is 4.73. The Morgan fingerprint density at radius 2 is 1.68 bits per heavy atom. The number of fused-ring (bicyclic) bond motifs is 1. The van der Waals surface area contributed by atoms with Crippen molar-refractivity contribution in [3.05, 3.63) is 72.3 Å². The summed E-state index contributed by atoms with van der Waals surface area (Å²) in [5.41, 5.74) is 0.799. The highest BCUT2D eigenvalue weighted by Gasteiger charge is 2.13. The van der Waals surface area contributed by atoms with Crippen molar-refractivity contribution in [1.29, 1.82) is 0 Å². The summed E-state index contributed by atoms with van der Waals surface area (Å²) in [4.78, 5) is 25.0. The standard InChI is InChI=1S/C20H17NO3S/c1-24-20(23)17-8-4-5-9-18(17)21-19(22)13-25-16-11-10-14-6-2-3-7-15(14)12-16/h2-12H,13H2,1H3,(H,21,22). The third kappa shape index (κ3) is 4.19. The van der Waals surface area contributed by atoms with Crippen LogP contribution >= 0.6 is 11.8 Å². The van der Waals surface area contributed by atoms with Crippen LogP contribution in [0.1, 0.15) is 10.4 Å². The maximum absolute atomic E-state index is 12.2. The Morgan fingerprint density at radius 1 is 0.960 bits per heavy atom. The minimum absolute atomic E-state index is 0.172. The number of methoxy groups -OCH3 is 1. The van der Waals surface area contributed by atoms with E-state index in [1.165, 1.54) is 24.3 Å². The molecule has 4 nitrogen and oxygen atoms in total. The zero-order valence-corrected chi connectivity index (χ0v) is 14.5. The molecule has 0 spiro atoms. The van der Waals surface area contributed by atoms with Crippen LogP contribution < -0.4 is 5.32 Å². The van der Waals surface area contributed by atoms with Gasteiger partial charge in [0, 0.05) is 4.90 Å². The lowest BCUT2D eigenvalue weighted by atomic mass is 10.1. The van der Waals surface area contributed by atoms with Gasteiger partial charge in [0.15, 0.2) is 0 Å². The fourth-order valence-corrected chi connectivity index (χ4v) is 3.22. The van der Waals surface area contributed by atoms with E-state index >= 15 is 0 Å². The van der Waals surface area contributed by atoms with Gasteiger partial charge in [-0.1, -0.05) is 42.5 Å². The lowest BCUT2D eigenvalue weighted by molar-refractivity contribution is -0.113. The third-order valence-corrected chi connectivity index (χ3v) is 4.69. The lowest BCUT2D eigenvalue weighted by Crippen LogP contribution is -2.17. The molecule has 0 aliphatic heterocycles. The Morgan fingerprint density at radius 3 is 2.48 bits per heavy atom. The number of amides is 1. The monoisotopic (exact) mass is 351 g/mol. The van der Waals surface area contributed by atoms with Gasteiger partial charge in [-0.15, -0.1) is 11.8 Å². The number of rotatable bonds is 5. The van der Waals surface area contributed by atoms with Crippen molar-refractivity contribution in [3.63, 3.8) is 0 Å². The van der Waals surface area contributed by atoms with E-state index in [9.17, 15) is 9.59 Å². The number of hydrogen-bond acceptors (Lipinski definition) is 4. The molecule has 0 unspecified atom stereocenters. The van der Waals surface area contributed by atoms with Gasteiger partial charge in [0.1, 0.15) is 0 Å². The van der Waals surface area contributed by atoms with Crippen LogP contribution in [0.3, 0.4) is 0 Å². The second-order valence-corrected chi connectivity index (χ2v) is 6.43. The molecule has 3 aromatic carbocycles. The van der Waals surface area contributed by atoms with Gasteiger partial charge < -0.3 is 10.1 Å². The molecule has 0 saturated heterocycles. The predicted molar refractivity (Wildman–Crippen MR) is 101 cm³/mol. The summed E-state index contributed by atoms with van der Waals surface area (Å²) >= 11 is 1.45. The number of hydrogen-bond donors (Lipinski definition) is 1. The van der Waals surface area contributed by atoms with Crippen LogP contribution in [0.25, 0.3) is 10.8 Å². The van der Waals surface area contributed by atoms with Crippen molar-refractivity contribution in [2.45, 2.75) is 4.90 Å². The number of thioether (sulfide) groups is 1. The second-order valence-electron chi connectivity index (χ2n) is 5.38. The molecule has 0 aliphatic carbocycles. The fraction of sp³-hybridized carbons (Fsp3) is 0.100. The SMILES string of the molecule is COC(=O)c1ccccc1NC(=O)CSc1ccc2ccccc2c1. The summed E-state index contributed by atoms with van der Waals surface area (Å²) in [5.74, 6) is -0.388. The minimum Gasteiger partial charge on any atom is -0.465 e. The van der Waals surface area contributed by atoms with Crippen molar-refractivity contribution < 1.29 is 14.3 Å². The molecule has 0 aliphatic rings. The second kappa shape index (κ2) is 7.85. The normalized spacial score (nSPS) is 10.4. The summed E-state index contributed by atoms with van der Waals surface area (Å²) in [7, 11) is 1.32. The maximum Gasteiger partial charge on any atom is 0.339 e. The van der Waals surface area contributed by atoms with E-state index < -0.39 is 5.97 Å². The van der Waals surface area contributed by atoms with E-state index in [4.69, 9.17) is 4.74 Å². The molecule has 25 heavy (non-hydrogen) atoms. The zero-order valence-electron chi connectivity index (χ0n) is 13.7. The Hall–Kier alpha value is -2.79. The summed E-state index contributed by atoms with van der Waals surface area (Å²) in [6.45, 7) is 0. The van der Waals surface area contributed by atoms with Gasteiger partial charge in [0.2, 0.25) is 5.91 Å². The van der Waals surface area contributed by atoms with E-state index in [0.29, 0.717) is 11.3 Å². The summed E-state index contributed by atoms with van der Waals surface area (Å²) in [5, 5.41) is 5.08. The molecule has 0 aromatic heterocycles. The molecule has 5 heteroatoms. The number of nitrogens with one attached hydrogen (secondary N) is 1. The lowest BCUT2D eigenvalue weighted by Gasteiger charge is -2.09. The third-order valence-electron chi connectivity index (χ3n) is 3.70. The van der Waals surface area contributed by atoms with E-state index in [-0.39, 0.29) is 11.7 Å². The molecular formula is C20H17NO3S. The number of anilines is 1. The predicted octanol–water partition coefficient (Wildman–Crippen LogP) is 4.36. The van der Waals surface area contributed by atoms with Crippen molar-refractivity contribution in [3.8, 4) is 0 Å². The molecule has 0 atom stereocenters. The van der Waals surface area contributed by atoms with E-state index in [0.717, 1.165) is 10.3 Å². The van der Waals surface area contributed by atoms with Gasteiger partial charge in [-0.25, -0.2) is 4.79 Å². The first-order valence-corrected chi connectivity index (χ1v) is 8.75. The number of ether oxygens (including phenoxy) is 1. The topological polar surface area (TPSA) is 55.4 Å². The Bertz CT molecular complexity index is 923. The number of carbonyl (C=O) groups is 2. The summed E-state index contributed by atoms with van der Waals surface area (Å²) in [6.07, 6.45) is 0. The Labute approximate surface area is 150 Å². The average Bonchev–Trinajstić information content (AvgIpc) is 2.66. The molecular weight excluding hydrogens is 334 g/mol. The molecule has 126 valence electrons. The van der Waals surface area contributed by atoms with Crippen molar-refractivity contribution in [2.75, 3.05) is 18.2 Å². The highest BCUT2D eigenvalue weighted by Crippen LogP contribution is 2.24. The van der Waals surface area contributed by atoms with E-state index in [2.05, 4.69) is 17.4 Å². The molecule has 0 saturated carbocycles. The molecule has 1 N–H and O–H groups in total.